The van der Waals surface area contributed by atoms with Gasteiger partial charge in [0.05, 0.1) is 24.1 Å². The maximum absolute atomic E-state index is 13.6. The van der Waals surface area contributed by atoms with Crippen molar-refractivity contribution in [3.05, 3.63) is 70.6 Å². The van der Waals surface area contributed by atoms with Crippen molar-refractivity contribution in [2.75, 3.05) is 44.3 Å². The lowest BCUT2D eigenvalue weighted by atomic mass is 10.0. The first-order valence-corrected chi connectivity index (χ1v) is 14.2. The normalized spacial score (nSPS) is 16.2. The molecule has 1 N–H and O–H groups in total. The maximum atomic E-state index is 13.6. The molecule has 2 aliphatic rings. The van der Waals surface area contributed by atoms with Crippen LogP contribution in [0.4, 0.5) is 5.82 Å². The minimum atomic E-state index is -0.162. The van der Waals surface area contributed by atoms with Gasteiger partial charge in [-0.25, -0.2) is 19.7 Å². The zero-order valence-corrected chi connectivity index (χ0v) is 24.4. The van der Waals surface area contributed by atoms with Gasteiger partial charge in [-0.1, -0.05) is 29.8 Å². The van der Waals surface area contributed by atoms with Crippen molar-refractivity contribution in [2.24, 2.45) is 0 Å². The van der Waals surface area contributed by atoms with Crippen LogP contribution < -0.4 is 10.6 Å². The molecule has 1 amide bonds. The first kappa shape index (κ1) is 28.2. The van der Waals surface area contributed by atoms with Crippen LogP contribution in [0.1, 0.15) is 18.9 Å². The topological polar surface area (TPSA) is 114 Å². The Morgan fingerprint density at radius 2 is 1.79 bits per heavy atom. The molecule has 1 aromatic carbocycles. The molecule has 13 heteroatoms. The molecule has 0 unspecified atom stereocenters. The van der Waals surface area contributed by atoms with Crippen molar-refractivity contribution in [1.29, 1.82) is 0 Å². The summed E-state index contributed by atoms with van der Waals surface area (Å²) in [5, 5.41) is 1.50. The predicted octanol–water partition coefficient (Wildman–Crippen LogP) is 3.91. The molecule has 7 rings (SSSR count). The first-order chi connectivity index (χ1) is 20.1. The number of hydrogen-bond acceptors (Lipinski definition) is 7. The van der Waals surface area contributed by atoms with E-state index in [0.717, 1.165) is 40.9 Å². The first-order valence-electron chi connectivity index (χ1n) is 13.8. The zero-order chi connectivity index (χ0) is 27.9. The van der Waals surface area contributed by atoms with Crippen molar-refractivity contribution in [2.45, 2.75) is 25.4 Å². The van der Waals surface area contributed by atoms with Crippen molar-refractivity contribution in [1.82, 2.24) is 34.0 Å². The number of anilines is 1. The molecule has 0 saturated carbocycles. The molecule has 2 saturated heterocycles. The summed E-state index contributed by atoms with van der Waals surface area (Å²) in [5.41, 5.74) is 3.68. The van der Waals surface area contributed by atoms with Gasteiger partial charge in [0.25, 0.3) is 0 Å². The molecule has 0 aliphatic carbocycles. The summed E-state index contributed by atoms with van der Waals surface area (Å²) in [6.07, 6.45) is 6.57. The molecule has 0 atom stereocenters. The van der Waals surface area contributed by atoms with Crippen LogP contribution in [-0.2, 0) is 16.1 Å². The van der Waals surface area contributed by atoms with Gasteiger partial charge in [-0.15, -0.1) is 12.4 Å². The molecular formula is C29H30Cl2N8O3. The number of morpholine rings is 1. The number of carbonyl (C=O) groups is 1. The highest BCUT2D eigenvalue weighted by Crippen LogP contribution is 2.38. The minimum absolute atomic E-state index is 0. The summed E-state index contributed by atoms with van der Waals surface area (Å²) in [5.74, 6) is 0.824. The lowest BCUT2D eigenvalue weighted by Gasteiger charge is -2.32. The van der Waals surface area contributed by atoms with Gasteiger partial charge in [0.2, 0.25) is 5.91 Å². The Balaban J connectivity index is 0.00000316. The second-order valence-corrected chi connectivity index (χ2v) is 10.8. The molecular weight excluding hydrogens is 579 g/mol. The van der Waals surface area contributed by atoms with Crippen molar-refractivity contribution < 1.29 is 9.53 Å². The van der Waals surface area contributed by atoms with E-state index in [4.69, 9.17) is 16.3 Å². The molecule has 2 aliphatic heterocycles. The number of pyridine rings is 1. The predicted molar refractivity (Wildman–Crippen MR) is 163 cm³/mol. The van der Waals surface area contributed by atoms with Gasteiger partial charge in [-0.2, -0.15) is 0 Å². The number of amides is 1. The number of benzene rings is 1. The number of ether oxygens (including phenoxy) is 1. The van der Waals surface area contributed by atoms with E-state index in [1.807, 2.05) is 52.1 Å². The van der Waals surface area contributed by atoms with Gasteiger partial charge in [0.15, 0.2) is 5.65 Å². The Bertz CT molecular complexity index is 1800. The third kappa shape index (κ3) is 5.01. The van der Waals surface area contributed by atoms with Gasteiger partial charge in [-0.05, 0) is 31.0 Å². The van der Waals surface area contributed by atoms with Gasteiger partial charge in [0.1, 0.15) is 24.3 Å². The average molecular weight is 610 g/mol. The van der Waals surface area contributed by atoms with Crippen LogP contribution in [0, 0.1) is 0 Å². The zero-order valence-electron chi connectivity index (χ0n) is 22.8. The van der Waals surface area contributed by atoms with E-state index in [2.05, 4.69) is 24.8 Å². The number of nitrogens with zero attached hydrogens (tertiary/aromatic N) is 7. The number of fused-ring (bicyclic) bond motifs is 2. The molecule has 218 valence electrons. The van der Waals surface area contributed by atoms with E-state index in [0.29, 0.717) is 55.5 Å². The van der Waals surface area contributed by atoms with Crippen molar-refractivity contribution >= 4 is 57.9 Å². The van der Waals surface area contributed by atoms with E-state index < -0.39 is 0 Å². The van der Waals surface area contributed by atoms with Crippen LogP contribution in [-0.4, -0.2) is 79.3 Å². The number of imidazole rings is 1. The monoisotopic (exact) mass is 608 g/mol. The van der Waals surface area contributed by atoms with Gasteiger partial charge >= 0.3 is 5.69 Å². The standard InChI is InChI=1S/C29H29ClN8O3.ClH/c30-22-5-2-1-4-20(22)21-16-37(28-25(21)27(32-18-33-28)36-12-14-41-15-13-36)17-24(39)35-10-7-19(8-11-35)38-23-6-3-9-31-26(23)34-29(38)40;/h1-6,9,16,18-19H,7-8,10-15,17H2,(H,31,34,40);1H. The smallest absolute Gasteiger partial charge is 0.327 e. The molecule has 0 bridgehead atoms. The summed E-state index contributed by atoms with van der Waals surface area (Å²) in [7, 11) is 0. The van der Waals surface area contributed by atoms with Gasteiger partial charge in [0, 0.05) is 60.8 Å². The maximum Gasteiger partial charge on any atom is 0.327 e. The second kappa shape index (κ2) is 11.7. The van der Waals surface area contributed by atoms with E-state index >= 15 is 0 Å². The van der Waals surface area contributed by atoms with E-state index in [1.54, 1.807) is 17.1 Å². The SMILES string of the molecule is Cl.O=C(Cn1cc(-c2ccccc2Cl)c2c(N3CCOCC3)ncnc21)N1CCC(n2c(=O)[nH]c3ncccc32)CC1. The molecule has 0 radical (unpaired) electrons. The third-order valence-electron chi connectivity index (χ3n) is 8.09. The molecule has 5 aromatic rings. The number of rotatable bonds is 5. The molecule has 11 nitrogen and oxygen atoms in total. The number of halogens is 2. The number of piperidine rings is 1. The van der Waals surface area contributed by atoms with Gasteiger partial charge < -0.3 is 19.1 Å². The number of likely N-dealkylation sites (tertiary alicyclic amines) is 1. The number of H-pyrrole nitrogens is 1. The minimum Gasteiger partial charge on any atom is -0.378 e. The lowest BCUT2D eigenvalue weighted by Crippen LogP contribution is -2.41. The fraction of sp³-hybridized carbons (Fsp3) is 0.345. The number of carbonyl (C=O) groups excluding carboxylic acids is 1. The van der Waals surface area contributed by atoms with E-state index in [1.165, 1.54) is 0 Å². The Morgan fingerprint density at radius 3 is 2.57 bits per heavy atom. The highest BCUT2D eigenvalue weighted by Gasteiger charge is 2.28. The lowest BCUT2D eigenvalue weighted by molar-refractivity contribution is -0.133. The van der Waals surface area contributed by atoms with Crippen LogP contribution in [0.15, 0.2) is 59.9 Å². The summed E-state index contributed by atoms with van der Waals surface area (Å²) >= 11 is 6.65. The summed E-state index contributed by atoms with van der Waals surface area (Å²) in [6, 6.07) is 11.4. The summed E-state index contributed by atoms with van der Waals surface area (Å²) in [4.78, 5) is 46.7. The molecule has 42 heavy (non-hydrogen) atoms. The number of aromatic nitrogens is 6. The summed E-state index contributed by atoms with van der Waals surface area (Å²) < 4.78 is 9.25. The highest BCUT2D eigenvalue weighted by molar-refractivity contribution is 6.33. The third-order valence-corrected chi connectivity index (χ3v) is 8.42. The molecule has 0 spiro atoms. The fourth-order valence-corrected chi connectivity index (χ4v) is 6.30. The number of hydrogen-bond donors (Lipinski definition) is 1. The van der Waals surface area contributed by atoms with E-state index in [-0.39, 0.29) is 36.6 Å². The molecule has 2 fully saturated rings. The van der Waals surface area contributed by atoms with Crippen LogP contribution in [0.25, 0.3) is 33.3 Å². The Labute approximate surface area is 252 Å². The average Bonchev–Trinajstić information content (AvgIpc) is 3.54. The van der Waals surface area contributed by atoms with Crippen LogP contribution in [0.3, 0.4) is 0 Å². The van der Waals surface area contributed by atoms with Crippen LogP contribution in [0.2, 0.25) is 5.02 Å². The van der Waals surface area contributed by atoms with Crippen molar-refractivity contribution in [3.63, 3.8) is 0 Å². The Hall–Kier alpha value is -3.93. The van der Waals surface area contributed by atoms with Crippen molar-refractivity contribution in [3.8, 4) is 11.1 Å². The largest absolute Gasteiger partial charge is 0.378 e. The number of nitrogens with one attached hydrogen (secondary N) is 1. The molecule has 6 heterocycles. The van der Waals surface area contributed by atoms with Gasteiger partial charge in [-0.3, -0.25) is 14.3 Å². The highest BCUT2D eigenvalue weighted by atomic mass is 35.5. The Morgan fingerprint density at radius 1 is 1.00 bits per heavy atom. The van der Waals surface area contributed by atoms with Crippen LogP contribution in [0.5, 0.6) is 0 Å². The van der Waals surface area contributed by atoms with Crippen LogP contribution >= 0.6 is 24.0 Å². The second-order valence-electron chi connectivity index (χ2n) is 10.4. The summed E-state index contributed by atoms with van der Waals surface area (Å²) in [6.45, 7) is 3.97. The fourth-order valence-electron chi connectivity index (χ4n) is 6.07. The Kier molecular flexibility index (Phi) is 7.89. The number of aromatic amines is 1. The van der Waals surface area contributed by atoms with E-state index in [9.17, 15) is 9.59 Å². The quantitative estimate of drug-likeness (QED) is 0.322. The molecule has 4 aromatic heterocycles.